The first-order chi connectivity index (χ1) is 14.3. The fraction of sp³-hybridized carbons (Fsp3) is 0.364. The first-order valence-corrected chi connectivity index (χ1v) is 10.5. The zero-order chi connectivity index (χ0) is 22.1. The Hall–Kier alpha value is -2.31. The Morgan fingerprint density at radius 2 is 1.83 bits per heavy atom. The standard InChI is InChI=1S/C22H25Cl2FN2O3/c1-3-11-26-22(29)20(4-2)27(13-15-5-6-16(23)12-19(15)24)21(28)14-30-18-9-7-17(25)8-10-18/h5-10,12,20H,3-4,11,13-14H2,1-2H3,(H,26,29)/t20-/m0/s1. The highest BCUT2D eigenvalue weighted by molar-refractivity contribution is 6.35. The molecule has 8 heteroatoms. The van der Waals surface area contributed by atoms with Crippen molar-refractivity contribution < 1.29 is 18.7 Å². The van der Waals surface area contributed by atoms with E-state index in [-0.39, 0.29) is 25.0 Å². The molecule has 0 unspecified atom stereocenters. The third-order valence-corrected chi connectivity index (χ3v) is 5.05. The molecule has 2 aromatic rings. The van der Waals surface area contributed by atoms with E-state index in [2.05, 4.69) is 5.32 Å². The number of carbonyl (C=O) groups is 2. The molecule has 162 valence electrons. The van der Waals surface area contributed by atoms with Gasteiger partial charge in [-0.15, -0.1) is 0 Å². The summed E-state index contributed by atoms with van der Waals surface area (Å²) in [6.45, 7) is 4.13. The van der Waals surface area contributed by atoms with Gasteiger partial charge >= 0.3 is 0 Å². The highest BCUT2D eigenvalue weighted by atomic mass is 35.5. The Labute approximate surface area is 186 Å². The Morgan fingerprint density at radius 3 is 2.43 bits per heavy atom. The van der Waals surface area contributed by atoms with Gasteiger partial charge in [-0.2, -0.15) is 0 Å². The van der Waals surface area contributed by atoms with E-state index in [9.17, 15) is 14.0 Å². The van der Waals surface area contributed by atoms with E-state index in [1.807, 2.05) is 13.8 Å². The Morgan fingerprint density at radius 1 is 1.13 bits per heavy atom. The van der Waals surface area contributed by atoms with Crippen LogP contribution in [0.3, 0.4) is 0 Å². The van der Waals surface area contributed by atoms with Gasteiger partial charge < -0.3 is 15.0 Å². The zero-order valence-electron chi connectivity index (χ0n) is 17.0. The molecule has 1 N–H and O–H groups in total. The molecular formula is C22H25Cl2FN2O3. The summed E-state index contributed by atoms with van der Waals surface area (Å²) in [5.74, 6) is -0.660. The Kier molecular flexibility index (Phi) is 9.40. The number of halogens is 3. The number of benzene rings is 2. The van der Waals surface area contributed by atoms with Gasteiger partial charge in [0.05, 0.1) is 0 Å². The average Bonchev–Trinajstić information content (AvgIpc) is 2.73. The van der Waals surface area contributed by atoms with Gasteiger partial charge in [0.25, 0.3) is 5.91 Å². The van der Waals surface area contributed by atoms with Crippen molar-refractivity contribution in [2.24, 2.45) is 0 Å². The topological polar surface area (TPSA) is 58.6 Å². The van der Waals surface area contributed by atoms with Crippen LogP contribution >= 0.6 is 23.2 Å². The molecule has 0 fully saturated rings. The Bertz CT molecular complexity index is 862. The summed E-state index contributed by atoms with van der Waals surface area (Å²) in [5.41, 5.74) is 0.665. The van der Waals surface area contributed by atoms with Crippen molar-refractivity contribution in [2.75, 3.05) is 13.2 Å². The molecule has 0 aromatic heterocycles. The van der Waals surface area contributed by atoms with Crippen LogP contribution in [0.1, 0.15) is 32.3 Å². The second-order valence-electron chi connectivity index (χ2n) is 6.72. The van der Waals surface area contributed by atoms with Crippen LogP contribution in [-0.2, 0) is 16.1 Å². The molecule has 2 amide bonds. The first-order valence-electron chi connectivity index (χ1n) is 9.75. The molecule has 1 atom stereocenters. The highest BCUT2D eigenvalue weighted by Gasteiger charge is 2.29. The van der Waals surface area contributed by atoms with Gasteiger partial charge in [-0.25, -0.2) is 4.39 Å². The number of nitrogens with zero attached hydrogens (tertiary/aromatic N) is 1. The molecular weight excluding hydrogens is 430 g/mol. The lowest BCUT2D eigenvalue weighted by molar-refractivity contribution is -0.143. The molecule has 0 heterocycles. The van der Waals surface area contributed by atoms with Gasteiger partial charge in [0, 0.05) is 23.1 Å². The maximum atomic E-state index is 13.1. The van der Waals surface area contributed by atoms with E-state index in [4.69, 9.17) is 27.9 Å². The minimum Gasteiger partial charge on any atom is -0.484 e. The minimum atomic E-state index is -0.687. The van der Waals surface area contributed by atoms with Crippen molar-refractivity contribution in [3.63, 3.8) is 0 Å². The smallest absolute Gasteiger partial charge is 0.261 e. The summed E-state index contributed by atoms with van der Waals surface area (Å²) in [6, 6.07) is 9.68. The molecule has 0 saturated carbocycles. The van der Waals surface area contributed by atoms with Crippen molar-refractivity contribution in [1.29, 1.82) is 0 Å². The van der Waals surface area contributed by atoms with Crippen LogP contribution in [0.15, 0.2) is 42.5 Å². The van der Waals surface area contributed by atoms with Crippen LogP contribution in [0.4, 0.5) is 4.39 Å². The molecule has 2 rings (SSSR count). The second kappa shape index (κ2) is 11.8. The summed E-state index contributed by atoms with van der Waals surface area (Å²) < 4.78 is 18.6. The lowest BCUT2D eigenvalue weighted by atomic mass is 10.1. The van der Waals surface area contributed by atoms with Crippen molar-refractivity contribution in [3.05, 3.63) is 63.9 Å². The summed E-state index contributed by atoms with van der Waals surface area (Å²) in [7, 11) is 0. The molecule has 0 aliphatic carbocycles. The summed E-state index contributed by atoms with van der Waals surface area (Å²) in [5, 5.41) is 3.73. The molecule has 0 spiro atoms. The van der Waals surface area contributed by atoms with E-state index in [1.54, 1.807) is 18.2 Å². The molecule has 30 heavy (non-hydrogen) atoms. The first kappa shape index (κ1) is 24.0. The van der Waals surface area contributed by atoms with Crippen LogP contribution in [0, 0.1) is 5.82 Å². The van der Waals surface area contributed by atoms with Crippen molar-refractivity contribution in [2.45, 2.75) is 39.3 Å². The Balaban J connectivity index is 2.22. The number of amides is 2. The van der Waals surface area contributed by atoms with Crippen molar-refractivity contribution in [1.82, 2.24) is 10.2 Å². The minimum absolute atomic E-state index is 0.125. The van der Waals surface area contributed by atoms with Gasteiger partial charge in [0.15, 0.2) is 6.61 Å². The number of hydrogen-bond acceptors (Lipinski definition) is 3. The van der Waals surface area contributed by atoms with Crippen LogP contribution in [-0.4, -0.2) is 35.9 Å². The molecule has 0 aliphatic heterocycles. The number of ether oxygens (including phenoxy) is 1. The van der Waals surface area contributed by atoms with E-state index in [1.165, 1.54) is 29.2 Å². The van der Waals surface area contributed by atoms with Crippen LogP contribution in [0.5, 0.6) is 5.75 Å². The van der Waals surface area contributed by atoms with Crippen LogP contribution < -0.4 is 10.1 Å². The maximum absolute atomic E-state index is 13.1. The molecule has 5 nitrogen and oxygen atoms in total. The maximum Gasteiger partial charge on any atom is 0.261 e. The normalized spacial score (nSPS) is 11.6. The lowest BCUT2D eigenvalue weighted by Gasteiger charge is -2.30. The third-order valence-electron chi connectivity index (χ3n) is 4.47. The van der Waals surface area contributed by atoms with E-state index in [0.717, 1.165) is 6.42 Å². The second-order valence-corrected chi connectivity index (χ2v) is 7.56. The molecule has 0 saturated heterocycles. The van der Waals surface area contributed by atoms with E-state index >= 15 is 0 Å². The predicted molar refractivity (Wildman–Crippen MR) is 116 cm³/mol. The molecule has 0 radical (unpaired) electrons. The number of carbonyl (C=O) groups excluding carboxylic acids is 2. The highest BCUT2D eigenvalue weighted by Crippen LogP contribution is 2.24. The number of hydrogen-bond donors (Lipinski definition) is 1. The lowest BCUT2D eigenvalue weighted by Crippen LogP contribution is -2.50. The third kappa shape index (κ3) is 6.89. The van der Waals surface area contributed by atoms with Crippen molar-refractivity contribution in [3.8, 4) is 5.75 Å². The average molecular weight is 455 g/mol. The summed E-state index contributed by atoms with van der Waals surface area (Å²) >= 11 is 12.3. The largest absolute Gasteiger partial charge is 0.484 e. The fourth-order valence-corrected chi connectivity index (χ4v) is 3.35. The molecule has 0 bridgehead atoms. The van der Waals surface area contributed by atoms with Crippen molar-refractivity contribution >= 4 is 35.0 Å². The SMILES string of the molecule is CCCNC(=O)[C@H](CC)N(Cc1ccc(Cl)cc1Cl)C(=O)COc1ccc(F)cc1. The van der Waals surface area contributed by atoms with Gasteiger partial charge in [0.2, 0.25) is 5.91 Å². The fourth-order valence-electron chi connectivity index (χ4n) is 2.88. The van der Waals surface area contributed by atoms with Crippen LogP contribution in [0.2, 0.25) is 10.0 Å². The zero-order valence-corrected chi connectivity index (χ0v) is 18.5. The van der Waals surface area contributed by atoms with Crippen LogP contribution in [0.25, 0.3) is 0 Å². The van der Waals surface area contributed by atoms with Gasteiger partial charge in [-0.3, -0.25) is 9.59 Å². The monoisotopic (exact) mass is 454 g/mol. The van der Waals surface area contributed by atoms with Gasteiger partial charge in [0.1, 0.15) is 17.6 Å². The van der Waals surface area contributed by atoms with E-state index < -0.39 is 11.9 Å². The number of nitrogens with one attached hydrogen (secondary N) is 1. The van der Waals surface area contributed by atoms with Gasteiger partial charge in [-0.05, 0) is 54.8 Å². The van der Waals surface area contributed by atoms with E-state index in [0.29, 0.717) is 34.3 Å². The predicted octanol–water partition coefficient (Wildman–Crippen LogP) is 4.84. The number of rotatable bonds is 10. The summed E-state index contributed by atoms with van der Waals surface area (Å²) in [4.78, 5) is 27.1. The molecule has 2 aromatic carbocycles. The summed E-state index contributed by atoms with van der Waals surface area (Å²) in [6.07, 6.45) is 1.20. The molecule has 0 aliphatic rings. The quantitative estimate of drug-likeness (QED) is 0.558. The van der Waals surface area contributed by atoms with Gasteiger partial charge in [-0.1, -0.05) is 43.1 Å².